The average Bonchev–Trinajstić information content (AvgIpc) is 4.06. The number of aromatic nitrogens is 2. The Bertz CT molecular complexity index is 2010. The van der Waals surface area contributed by atoms with E-state index in [0.717, 1.165) is 15.4 Å². The second kappa shape index (κ2) is 29.9. The van der Waals surface area contributed by atoms with Crippen LogP contribution in [-0.4, -0.2) is 15.3 Å². The van der Waals surface area contributed by atoms with Gasteiger partial charge in [-0.15, -0.1) is 45.3 Å². The Labute approximate surface area is 401 Å². The maximum absolute atomic E-state index is 12.3. The highest BCUT2D eigenvalue weighted by Crippen LogP contribution is 2.27. The first-order valence-corrected chi connectivity index (χ1v) is 26.2. The third-order valence-electron chi connectivity index (χ3n) is 9.04. The molecule has 7 rings (SSSR count). The van der Waals surface area contributed by atoms with Gasteiger partial charge in [0.1, 0.15) is 0 Å². The van der Waals surface area contributed by atoms with Crippen molar-refractivity contribution >= 4 is 62.5 Å². The van der Waals surface area contributed by atoms with Crippen molar-refractivity contribution in [2.45, 2.75) is 166 Å². The number of furan rings is 1. The number of halogens is 1. The topological polar surface area (TPSA) is 48.0 Å². The van der Waals surface area contributed by atoms with Crippen molar-refractivity contribution < 1.29 is 13.6 Å². The molecule has 63 heavy (non-hydrogen) atoms. The minimum atomic E-state index is -0.0845. The highest BCUT2D eigenvalue weighted by molar-refractivity contribution is 7.14. The van der Waals surface area contributed by atoms with E-state index in [1.807, 2.05) is 66.4 Å². The van der Waals surface area contributed by atoms with Crippen LogP contribution < -0.4 is 0 Å². The highest BCUT2D eigenvalue weighted by Gasteiger charge is 2.13. The van der Waals surface area contributed by atoms with E-state index in [1.165, 1.54) is 48.0 Å². The van der Waals surface area contributed by atoms with E-state index in [-0.39, 0.29) is 10.9 Å². The van der Waals surface area contributed by atoms with E-state index < -0.39 is 0 Å². The summed E-state index contributed by atoms with van der Waals surface area (Å²) in [5, 5.41) is 6.36. The van der Waals surface area contributed by atoms with Crippen molar-refractivity contribution in [1.29, 1.82) is 0 Å². The summed E-state index contributed by atoms with van der Waals surface area (Å²) in [4.78, 5) is 22.6. The number of Topliss-reactive ketones (excluding diaryl/α,β-unsaturated/α-hetero) is 1. The fraction of sp³-hybridized carbons (Fsp3) is 0.472. The Morgan fingerprint density at radius 2 is 1.25 bits per heavy atom. The summed E-state index contributed by atoms with van der Waals surface area (Å²) in [6.07, 6.45) is 7.39. The van der Waals surface area contributed by atoms with Crippen LogP contribution in [0.2, 0.25) is 0 Å². The zero-order valence-corrected chi connectivity index (χ0v) is 45.5. The molecule has 10 heteroatoms. The van der Waals surface area contributed by atoms with Crippen molar-refractivity contribution in [3.8, 4) is 0 Å². The van der Waals surface area contributed by atoms with Crippen LogP contribution in [0.3, 0.4) is 0 Å². The molecule has 0 aliphatic rings. The minimum absolute atomic E-state index is 0.0845. The van der Waals surface area contributed by atoms with Crippen LogP contribution in [0.15, 0.2) is 106 Å². The van der Waals surface area contributed by atoms with Crippen molar-refractivity contribution in [2.24, 2.45) is 0 Å². The lowest BCUT2D eigenvalue weighted by molar-refractivity contribution is 0.102. The molecule has 4 nitrogen and oxygen atoms in total. The lowest BCUT2D eigenvalue weighted by atomic mass is 9.95. The third-order valence-corrected chi connectivity index (χ3v) is 15.0. The Morgan fingerprint density at radius 1 is 0.683 bits per heavy atom. The molecule has 0 amide bonds. The Kier molecular flexibility index (Phi) is 27.4. The van der Waals surface area contributed by atoms with Gasteiger partial charge in [0, 0.05) is 36.6 Å². The maximum atomic E-state index is 12.3. The molecular weight excluding hydrogens is 876 g/mol. The third kappa shape index (κ3) is 24.5. The molecule has 0 N–H and O–H groups in total. The number of hydrogen-bond acceptors (Lipinski definition) is 8. The van der Waals surface area contributed by atoms with Crippen LogP contribution in [0.4, 0.5) is 4.39 Å². The van der Waals surface area contributed by atoms with E-state index in [1.54, 1.807) is 42.1 Å². The van der Waals surface area contributed by atoms with Gasteiger partial charge in [-0.25, -0.2) is 4.98 Å². The van der Waals surface area contributed by atoms with Gasteiger partial charge < -0.3 is 8.98 Å². The first-order chi connectivity index (χ1) is 29.4. The lowest BCUT2D eigenvalue weighted by Crippen LogP contribution is -2.07. The number of rotatable bonds is 7. The number of aryl methyl sites for hydroxylation is 2. The first-order valence-electron chi connectivity index (χ1n) is 21.9. The number of nitrogens with zero attached hydrogens (tertiary/aromatic N) is 2. The number of imidazole rings is 1. The van der Waals surface area contributed by atoms with E-state index in [2.05, 4.69) is 167 Å². The molecule has 348 valence electrons. The van der Waals surface area contributed by atoms with Crippen molar-refractivity contribution in [2.75, 3.05) is 0 Å². The summed E-state index contributed by atoms with van der Waals surface area (Å²) >= 11 is 8.32. The predicted octanol–water partition coefficient (Wildman–Crippen LogP) is 19.4. The Hall–Kier alpha value is -3.41. The van der Waals surface area contributed by atoms with Gasteiger partial charge in [-0.3, -0.25) is 4.79 Å². The maximum Gasteiger partial charge on any atom is 0.176 e. The molecule has 0 saturated carbocycles. The van der Waals surface area contributed by atoms with Crippen molar-refractivity contribution in [1.82, 2.24) is 9.55 Å². The molecular formula is C53H77FN2O2S5. The lowest BCUT2D eigenvalue weighted by Gasteiger charge is -2.14. The number of carbonyl (C=O) groups excluding carboxylic acids is 1. The van der Waals surface area contributed by atoms with E-state index in [0.29, 0.717) is 41.0 Å². The molecule has 7 aromatic heterocycles. The normalized spacial score (nSPS) is 10.7. The van der Waals surface area contributed by atoms with Crippen LogP contribution in [0.25, 0.3) is 0 Å². The van der Waals surface area contributed by atoms with Crippen LogP contribution in [-0.2, 0) is 5.41 Å². The number of ketones is 1. The van der Waals surface area contributed by atoms with Gasteiger partial charge in [0.25, 0.3) is 0 Å². The van der Waals surface area contributed by atoms with Gasteiger partial charge in [-0.2, -0.15) is 15.7 Å². The quantitative estimate of drug-likeness (QED) is 0.150. The number of carbonyl (C=O) groups is 1. The number of hydrogen-bond donors (Lipinski definition) is 0. The standard InChI is InChI=1S/C9H12OS.2C8H12S.C7H9FS.C7H12N2.C7H10O.C7H10S/c1-6(2)8-4-5-9(11-8)7(3)10;1-8(2,3)7-5-4-6-9-7;1-6(2)8-5-4-7(3)9-8;1-5(2)6-3-4-7(8)9-6;1-6(2)9-4-7(3)8-5-9;2*1-6(2)7-3-4-8-5-7/h4-6H,1-3H3;2*4-6H,1-3H3;3-5H,1-2H3;4-6H,1-3H3;2*3-6H,1-2H3. The largest absolute Gasteiger partial charge is 0.472 e. The van der Waals surface area contributed by atoms with Gasteiger partial charge in [-0.05, 0) is 151 Å². The van der Waals surface area contributed by atoms with Crippen LogP contribution in [0.5, 0.6) is 0 Å². The molecule has 0 unspecified atom stereocenters. The second-order valence-electron chi connectivity index (χ2n) is 18.0. The molecule has 7 heterocycles. The minimum Gasteiger partial charge on any atom is -0.472 e. The SMILES string of the molecule is CC(=O)c1ccc(C(C)C)s1.CC(C)(C)c1cccs1.CC(C)c1ccc(F)s1.CC(C)c1ccoc1.CC(C)c1ccsc1.Cc1ccc(C(C)C)s1.Cc1cn(C(C)C)cn1. The molecule has 0 saturated heterocycles. The molecule has 0 atom stereocenters. The Morgan fingerprint density at radius 3 is 1.49 bits per heavy atom. The Balaban J connectivity index is 0.000000368. The molecule has 0 aromatic carbocycles. The molecule has 0 spiro atoms. The molecule has 0 aliphatic carbocycles. The predicted molar refractivity (Wildman–Crippen MR) is 281 cm³/mol. The molecule has 0 aliphatic heterocycles. The number of thiophene rings is 5. The molecule has 0 radical (unpaired) electrons. The van der Waals surface area contributed by atoms with E-state index in [4.69, 9.17) is 4.42 Å². The summed E-state index contributed by atoms with van der Waals surface area (Å²) < 4.78 is 19.3. The average molecular weight is 954 g/mol. The first kappa shape index (κ1) is 57.6. The fourth-order valence-corrected chi connectivity index (χ4v) is 9.04. The summed E-state index contributed by atoms with van der Waals surface area (Å²) in [5.41, 5.74) is 4.15. The zero-order valence-electron chi connectivity index (χ0n) is 41.4. The van der Waals surface area contributed by atoms with Crippen LogP contribution in [0, 0.1) is 19.0 Å². The molecule has 0 bridgehead atoms. The van der Waals surface area contributed by atoms with Crippen LogP contribution >= 0.6 is 56.7 Å². The fourth-order valence-electron chi connectivity index (χ4n) is 4.89. The van der Waals surface area contributed by atoms with Crippen molar-refractivity contribution in [3.05, 3.63) is 153 Å². The highest BCUT2D eigenvalue weighted by atomic mass is 32.1. The zero-order chi connectivity index (χ0) is 47.9. The van der Waals surface area contributed by atoms with Gasteiger partial charge >= 0.3 is 0 Å². The van der Waals surface area contributed by atoms with Gasteiger partial charge in [0.05, 0.1) is 29.4 Å². The molecule has 7 aromatic rings. The summed E-state index contributed by atoms with van der Waals surface area (Å²) in [6, 6.07) is 20.7. The second-order valence-corrected chi connectivity index (χ2v) is 23.2. The van der Waals surface area contributed by atoms with E-state index >= 15 is 0 Å². The van der Waals surface area contributed by atoms with Gasteiger partial charge in [-0.1, -0.05) is 96.1 Å². The van der Waals surface area contributed by atoms with E-state index in [9.17, 15) is 9.18 Å². The van der Waals surface area contributed by atoms with Crippen molar-refractivity contribution in [3.63, 3.8) is 0 Å². The smallest absolute Gasteiger partial charge is 0.176 e. The molecule has 0 fully saturated rings. The van der Waals surface area contributed by atoms with Crippen LogP contribution in [0.1, 0.15) is 197 Å². The van der Waals surface area contributed by atoms with Gasteiger partial charge in [0.15, 0.2) is 10.9 Å². The summed E-state index contributed by atoms with van der Waals surface area (Å²) in [5.74, 6) is 3.15. The summed E-state index contributed by atoms with van der Waals surface area (Å²) in [6.45, 7) is 38.3. The summed E-state index contributed by atoms with van der Waals surface area (Å²) in [7, 11) is 0. The monoisotopic (exact) mass is 952 g/mol. The van der Waals surface area contributed by atoms with Gasteiger partial charge in [0.2, 0.25) is 0 Å².